The van der Waals surface area contributed by atoms with Crippen LogP contribution in [0.2, 0.25) is 5.02 Å². The summed E-state index contributed by atoms with van der Waals surface area (Å²) >= 11 is 7.77. The van der Waals surface area contributed by atoms with E-state index in [9.17, 15) is 9.59 Å². The lowest BCUT2D eigenvalue weighted by atomic mass is 9.89. The lowest BCUT2D eigenvalue weighted by Crippen LogP contribution is -2.49. The third-order valence-corrected chi connectivity index (χ3v) is 6.47. The number of nitrogens with one attached hydrogen (secondary N) is 1. The summed E-state index contributed by atoms with van der Waals surface area (Å²) in [6, 6.07) is 6.96. The molecule has 1 amide bonds. The van der Waals surface area contributed by atoms with Gasteiger partial charge >= 0.3 is 0 Å². The van der Waals surface area contributed by atoms with Gasteiger partial charge in [-0.05, 0) is 49.3 Å². The Morgan fingerprint density at radius 3 is 2.84 bits per heavy atom. The summed E-state index contributed by atoms with van der Waals surface area (Å²) in [7, 11) is 0. The largest absolute Gasteiger partial charge is 0.374 e. The van der Waals surface area contributed by atoms with Crippen LogP contribution < -0.4 is 5.32 Å². The smallest absolute Gasteiger partial charge is 0.220 e. The highest BCUT2D eigenvalue weighted by molar-refractivity contribution is 7.99. The lowest BCUT2D eigenvalue weighted by molar-refractivity contribution is -0.125. The van der Waals surface area contributed by atoms with Crippen LogP contribution >= 0.6 is 23.4 Å². The minimum Gasteiger partial charge on any atom is -0.374 e. The SMILES string of the molecule is CC(CC(=O)NC1CCOC2(CCSC2)C1)C(=O)c1ccc(Cl)cc1. The molecule has 2 aliphatic heterocycles. The van der Waals surface area contributed by atoms with Gasteiger partial charge < -0.3 is 10.1 Å². The van der Waals surface area contributed by atoms with E-state index in [0.29, 0.717) is 17.2 Å². The maximum absolute atomic E-state index is 12.4. The third kappa shape index (κ3) is 4.78. The predicted octanol–water partition coefficient (Wildman–Crippen LogP) is 3.72. The van der Waals surface area contributed by atoms with Crippen LogP contribution in [0, 0.1) is 5.92 Å². The average molecular weight is 382 g/mol. The van der Waals surface area contributed by atoms with E-state index in [1.807, 2.05) is 11.8 Å². The van der Waals surface area contributed by atoms with E-state index >= 15 is 0 Å². The number of carbonyl (C=O) groups is 2. The van der Waals surface area contributed by atoms with Crippen molar-refractivity contribution in [2.75, 3.05) is 18.1 Å². The molecule has 3 rings (SSSR count). The molecule has 0 saturated carbocycles. The molecule has 0 aromatic heterocycles. The molecule has 2 fully saturated rings. The number of amides is 1. The number of hydrogen-bond donors (Lipinski definition) is 1. The number of hydrogen-bond acceptors (Lipinski definition) is 4. The van der Waals surface area contributed by atoms with Crippen molar-refractivity contribution in [3.63, 3.8) is 0 Å². The zero-order chi connectivity index (χ0) is 17.9. The molecule has 3 unspecified atom stereocenters. The Morgan fingerprint density at radius 1 is 1.40 bits per heavy atom. The monoisotopic (exact) mass is 381 g/mol. The maximum atomic E-state index is 12.4. The van der Waals surface area contributed by atoms with Gasteiger partial charge in [-0.25, -0.2) is 0 Å². The first-order valence-electron chi connectivity index (χ1n) is 8.78. The van der Waals surface area contributed by atoms with Gasteiger partial charge in [0.15, 0.2) is 5.78 Å². The van der Waals surface area contributed by atoms with Crippen LogP contribution in [0.15, 0.2) is 24.3 Å². The molecule has 2 heterocycles. The lowest BCUT2D eigenvalue weighted by Gasteiger charge is -2.38. The number of halogens is 1. The van der Waals surface area contributed by atoms with Crippen molar-refractivity contribution in [2.45, 2.75) is 44.2 Å². The minimum absolute atomic E-state index is 0.0255. The van der Waals surface area contributed by atoms with Gasteiger partial charge in [-0.1, -0.05) is 18.5 Å². The van der Waals surface area contributed by atoms with Crippen molar-refractivity contribution in [3.8, 4) is 0 Å². The summed E-state index contributed by atoms with van der Waals surface area (Å²) in [5, 5.41) is 3.71. The predicted molar refractivity (Wildman–Crippen MR) is 101 cm³/mol. The Labute approximate surface area is 158 Å². The van der Waals surface area contributed by atoms with Crippen LogP contribution in [-0.4, -0.2) is 41.4 Å². The van der Waals surface area contributed by atoms with Crippen molar-refractivity contribution in [1.82, 2.24) is 5.32 Å². The van der Waals surface area contributed by atoms with E-state index in [4.69, 9.17) is 16.3 Å². The Morgan fingerprint density at radius 2 is 2.16 bits per heavy atom. The maximum Gasteiger partial charge on any atom is 0.220 e. The summed E-state index contributed by atoms with van der Waals surface area (Å²) in [6.07, 6.45) is 3.00. The second-order valence-electron chi connectivity index (χ2n) is 7.07. The summed E-state index contributed by atoms with van der Waals surface area (Å²) in [4.78, 5) is 24.8. The molecule has 6 heteroatoms. The number of carbonyl (C=O) groups excluding carboxylic acids is 2. The summed E-state index contributed by atoms with van der Waals surface area (Å²) in [6.45, 7) is 2.50. The van der Waals surface area contributed by atoms with Crippen molar-refractivity contribution in [1.29, 1.82) is 0 Å². The molecule has 0 bridgehead atoms. The molecular formula is C19H24ClNO3S. The summed E-state index contributed by atoms with van der Waals surface area (Å²) < 4.78 is 5.99. The number of benzene rings is 1. The molecule has 1 aromatic rings. The van der Waals surface area contributed by atoms with Crippen LogP contribution in [0.1, 0.15) is 43.0 Å². The summed E-state index contributed by atoms with van der Waals surface area (Å²) in [5.41, 5.74) is 0.545. The van der Waals surface area contributed by atoms with Crippen molar-refractivity contribution < 1.29 is 14.3 Å². The van der Waals surface area contributed by atoms with Crippen LogP contribution in [-0.2, 0) is 9.53 Å². The zero-order valence-corrected chi connectivity index (χ0v) is 16.0. The first-order chi connectivity index (χ1) is 12.0. The first-order valence-corrected chi connectivity index (χ1v) is 10.3. The molecule has 0 radical (unpaired) electrons. The van der Waals surface area contributed by atoms with Gasteiger partial charge in [0.2, 0.25) is 5.91 Å². The number of rotatable bonds is 5. The van der Waals surface area contributed by atoms with Gasteiger partial charge in [0.25, 0.3) is 0 Å². The fraction of sp³-hybridized carbons (Fsp3) is 0.579. The fourth-order valence-electron chi connectivity index (χ4n) is 3.57. The first kappa shape index (κ1) is 18.7. The molecule has 2 saturated heterocycles. The molecular weight excluding hydrogens is 358 g/mol. The van der Waals surface area contributed by atoms with E-state index in [-0.39, 0.29) is 35.7 Å². The third-order valence-electron chi connectivity index (χ3n) is 4.99. The van der Waals surface area contributed by atoms with Crippen molar-refractivity contribution >= 4 is 35.1 Å². The van der Waals surface area contributed by atoms with Crippen LogP contribution in [0.3, 0.4) is 0 Å². The Balaban J connectivity index is 1.51. The Kier molecular flexibility index (Phi) is 6.08. The molecule has 25 heavy (non-hydrogen) atoms. The Hall–Kier alpha value is -1.04. The normalized spacial score (nSPS) is 27.2. The molecule has 1 N–H and O–H groups in total. The van der Waals surface area contributed by atoms with Crippen LogP contribution in [0.25, 0.3) is 0 Å². The van der Waals surface area contributed by atoms with E-state index in [2.05, 4.69) is 5.32 Å². The second-order valence-corrected chi connectivity index (χ2v) is 8.61. The van der Waals surface area contributed by atoms with Gasteiger partial charge in [0, 0.05) is 41.3 Å². The van der Waals surface area contributed by atoms with Gasteiger partial charge in [-0.2, -0.15) is 11.8 Å². The van der Waals surface area contributed by atoms with Crippen molar-refractivity contribution in [3.05, 3.63) is 34.9 Å². The minimum atomic E-state index is -0.350. The van der Waals surface area contributed by atoms with Gasteiger partial charge in [-0.3, -0.25) is 9.59 Å². The van der Waals surface area contributed by atoms with E-state index < -0.39 is 0 Å². The van der Waals surface area contributed by atoms with Gasteiger partial charge in [-0.15, -0.1) is 0 Å². The molecule has 1 aromatic carbocycles. The Bertz CT molecular complexity index is 628. The molecule has 1 spiro atoms. The highest BCUT2D eigenvalue weighted by atomic mass is 35.5. The topological polar surface area (TPSA) is 55.4 Å². The average Bonchev–Trinajstić information content (AvgIpc) is 3.02. The number of ether oxygens (including phenoxy) is 1. The van der Waals surface area contributed by atoms with Gasteiger partial charge in [0.05, 0.1) is 5.60 Å². The van der Waals surface area contributed by atoms with Gasteiger partial charge in [0.1, 0.15) is 0 Å². The molecule has 3 atom stereocenters. The highest BCUT2D eigenvalue weighted by Gasteiger charge is 2.40. The zero-order valence-electron chi connectivity index (χ0n) is 14.4. The van der Waals surface area contributed by atoms with E-state index in [1.54, 1.807) is 31.2 Å². The standard InChI is InChI=1S/C19H24ClNO3S/c1-13(18(23)14-2-4-15(20)5-3-14)10-17(22)21-16-6-8-24-19(11-16)7-9-25-12-19/h2-5,13,16H,6-12H2,1H3,(H,21,22). The van der Waals surface area contributed by atoms with Crippen LogP contribution in [0.5, 0.6) is 0 Å². The van der Waals surface area contributed by atoms with Crippen LogP contribution in [0.4, 0.5) is 0 Å². The van der Waals surface area contributed by atoms with E-state index in [1.165, 1.54) is 0 Å². The fourth-order valence-corrected chi connectivity index (χ4v) is 5.07. The molecule has 136 valence electrons. The van der Waals surface area contributed by atoms with E-state index in [0.717, 1.165) is 30.8 Å². The highest BCUT2D eigenvalue weighted by Crippen LogP contribution is 2.38. The number of ketones is 1. The number of Topliss-reactive ketones (excluding diaryl/α,β-unsaturated/α-hetero) is 1. The molecule has 4 nitrogen and oxygen atoms in total. The number of thioether (sulfide) groups is 1. The summed E-state index contributed by atoms with van der Waals surface area (Å²) in [5.74, 6) is 1.72. The molecule has 0 aliphatic carbocycles. The molecule has 2 aliphatic rings. The second kappa shape index (κ2) is 8.11. The quantitative estimate of drug-likeness (QED) is 0.790. The van der Waals surface area contributed by atoms with Crippen molar-refractivity contribution in [2.24, 2.45) is 5.92 Å².